The van der Waals surface area contributed by atoms with Crippen LogP contribution in [0.2, 0.25) is 0 Å². The van der Waals surface area contributed by atoms with E-state index in [1.807, 2.05) is 19.0 Å². The molecule has 4 rings (SSSR count). The largest absolute Gasteiger partial charge is 0.453 e. The molecule has 8 heteroatoms. The Hall–Kier alpha value is -0.850. The molecule has 0 unspecified atom stereocenters. The Morgan fingerprint density at radius 1 is 1.07 bits per heavy atom. The van der Waals surface area contributed by atoms with Crippen LogP contribution in [-0.2, 0) is 4.74 Å². The third-order valence-corrected chi connectivity index (χ3v) is 8.29. The molecule has 0 N–H and O–H groups in total. The molecule has 152 valence electrons. The average molecular weight is 417 g/mol. The number of carbonyl (C=O) groups excluding carboxylic acids is 1. The molecule has 0 radical (unpaired) electrons. The highest BCUT2D eigenvalue weighted by Gasteiger charge is 2.52. The highest BCUT2D eigenvalue weighted by molar-refractivity contribution is 6.38. The van der Waals surface area contributed by atoms with Gasteiger partial charge in [-0.1, -0.05) is 23.2 Å². The minimum atomic E-state index is -0.174. The van der Waals surface area contributed by atoms with Gasteiger partial charge in [-0.05, 0) is 50.6 Å². The first-order chi connectivity index (χ1) is 12.8. The zero-order valence-electron chi connectivity index (χ0n) is 16.5. The predicted octanol–water partition coefficient (Wildman–Crippen LogP) is 3.13. The van der Waals surface area contributed by atoms with Crippen molar-refractivity contribution in [1.29, 1.82) is 0 Å². The molecule has 3 fully saturated rings. The van der Waals surface area contributed by atoms with Gasteiger partial charge in [-0.15, -0.1) is 0 Å². The van der Waals surface area contributed by atoms with E-state index in [-0.39, 0.29) is 12.3 Å². The Balaban J connectivity index is 1.26. The third kappa shape index (κ3) is 3.28. The smallest absolute Gasteiger partial charge is 0.409 e. The van der Waals surface area contributed by atoms with E-state index in [1.54, 1.807) is 0 Å². The molecule has 0 aromatic carbocycles. The molecule has 0 aromatic rings. The van der Waals surface area contributed by atoms with Gasteiger partial charge in [-0.25, -0.2) is 4.79 Å². The van der Waals surface area contributed by atoms with Gasteiger partial charge < -0.3 is 24.3 Å². The summed E-state index contributed by atoms with van der Waals surface area (Å²) < 4.78 is 4.88. The molecule has 6 nitrogen and oxygen atoms in total. The zero-order valence-corrected chi connectivity index (χ0v) is 18.0. The highest BCUT2D eigenvalue weighted by Crippen LogP contribution is 2.51. The molecule has 0 aromatic heterocycles. The molecule has 1 amide bonds. The molecule has 3 aliphatic heterocycles. The van der Waals surface area contributed by atoms with Gasteiger partial charge in [-0.3, -0.25) is 0 Å². The van der Waals surface area contributed by atoms with Crippen molar-refractivity contribution in [2.75, 3.05) is 47.4 Å². The second kappa shape index (κ2) is 7.20. The summed E-state index contributed by atoms with van der Waals surface area (Å²) in [5.41, 5.74) is 0.340. The number of halogens is 2. The first-order valence-electron chi connectivity index (χ1n) is 9.93. The maximum Gasteiger partial charge on any atom is 0.409 e. The number of amides is 1. The summed E-state index contributed by atoms with van der Waals surface area (Å²) in [5, 5.41) is 1.31. The van der Waals surface area contributed by atoms with Crippen molar-refractivity contribution in [3.8, 4) is 0 Å². The molecule has 0 bridgehead atoms. The van der Waals surface area contributed by atoms with Crippen LogP contribution in [-0.4, -0.2) is 85.3 Å². The average Bonchev–Trinajstić information content (AvgIpc) is 3.18. The van der Waals surface area contributed by atoms with Gasteiger partial charge >= 0.3 is 6.09 Å². The van der Waals surface area contributed by atoms with Crippen LogP contribution in [0.15, 0.2) is 10.3 Å². The quantitative estimate of drug-likeness (QED) is 0.646. The summed E-state index contributed by atoms with van der Waals surface area (Å²) in [6.45, 7) is 3.99. The van der Waals surface area contributed by atoms with E-state index in [2.05, 4.69) is 14.7 Å². The first-order valence-corrected chi connectivity index (χ1v) is 10.7. The van der Waals surface area contributed by atoms with Crippen LogP contribution in [0, 0.1) is 11.3 Å². The second-order valence-electron chi connectivity index (χ2n) is 8.79. The van der Waals surface area contributed by atoms with E-state index in [4.69, 9.17) is 27.9 Å². The fourth-order valence-electron chi connectivity index (χ4n) is 5.75. The Morgan fingerprint density at radius 3 is 2.22 bits per heavy atom. The lowest BCUT2D eigenvalue weighted by molar-refractivity contribution is -0.0217. The number of rotatable bonds is 2. The molecule has 1 saturated carbocycles. The second-order valence-corrected chi connectivity index (χ2v) is 9.51. The Bertz CT molecular complexity index is 611. The number of piperidine rings is 1. The monoisotopic (exact) mass is 416 g/mol. The van der Waals surface area contributed by atoms with E-state index in [0.29, 0.717) is 27.7 Å². The minimum absolute atomic E-state index is 0.174. The standard InChI is InChI=1S/C19H30Cl2N4O2/c1-22-15(20)16(21)23(2)17(22)13-4-7-24(8-5-13)14-10-19(11-14)6-9-25(12-19)18(26)27-3/h13-14,17H,4-12H2,1-3H3. The maximum atomic E-state index is 11.7. The SMILES string of the molecule is COC(=O)N1CCC2(CC(N3CCC(C4N(C)C(Cl)=C(Cl)N4C)CC3)C2)C1. The lowest BCUT2D eigenvalue weighted by atomic mass is 9.64. The molecule has 3 heterocycles. The van der Waals surface area contributed by atoms with Crippen molar-refractivity contribution in [2.45, 2.75) is 44.3 Å². The lowest BCUT2D eigenvalue weighted by Crippen LogP contribution is -2.55. The van der Waals surface area contributed by atoms with Crippen molar-refractivity contribution in [3.05, 3.63) is 10.3 Å². The van der Waals surface area contributed by atoms with Crippen LogP contribution in [0.4, 0.5) is 4.79 Å². The molecule has 1 aliphatic carbocycles. The van der Waals surface area contributed by atoms with E-state index < -0.39 is 0 Å². The van der Waals surface area contributed by atoms with Crippen LogP contribution in [0.5, 0.6) is 0 Å². The first kappa shape index (κ1) is 19.5. The normalized spacial score (nSPS) is 33.4. The molecule has 4 aliphatic rings. The highest BCUT2D eigenvalue weighted by atomic mass is 35.5. The van der Waals surface area contributed by atoms with E-state index in [1.165, 1.54) is 32.8 Å². The van der Waals surface area contributed by atoms with Crippen molar-refractivity contribution in [1.82, 2.24) is 19.6 Å². The Morgan fingerprint density at radius 2 is 1.67 bits per heavy atom. The summed E-state index contributed by atoms with van der Waals surface area (Å²) in [6, 6.07) is 0.674. The molecule has 2 saturated heterocycles. The van der Waals surface area contributed by atoms with E-state index in [9.17, 15) is 4.79 Å². The third-order valence-electron chi connectivity index (χ3n) is 7.30. The van der Waals surface area contributed by atoms with Gasteiger partial charge in [0.2, 0.25) is 0 Å². The van der Waals surface area contributed by atoms with Crippen LogP contribution >= 0.6 is 23.2 Å². The summed E-state index contributed by atoms with van der Waals surface area (Å²) in [7, 11) is 5.54. The Labute approximate surface area is 172 Å². The fourth-order valence-corrected chi connectivity index (χ4v) is 6.22. The zero-order chi connectivity index (χ0) is 19.3. The van der Waals surface area contributed by atoms with Crippen molar-refractivity contribution >= 4 is 29.3 Å². The Kier molecular flexibility index (Phi) is 5.19. The topological polar surface area (TPSA) is 39.3 Å². The molecular formula is C19H30Cl2N4O2. The van der Waals surface area contributed by atoms with Gasteiger partial charge in [0.05, 0.1) is 7.11 Å². The number of hydrogen-bond donors (Lipinski definition) is 0. The molecular weight excluding hydrogens is 387 g/mol. The number of likely N-dealkylation sites (tertiary alicyclic amines) is 2. The van der Waals surface area contributed by atoms with Crippen molar-refractivity contribution < 1.29 is 9.53 Å². The molecule has 1 spiro atoms. The van der Waals surface area contributed by atoms with Crippen LogP contribution < -0.4 is 0 Å². The number of methoxy groups -OCH3 is 1. The summed E-state index contributed by atoms with van der Waals surface area (Å²) in [6.07, 6.45) is 5.99. The van der Waals surface area contributed by atoms with Gasteiger partial charge in [0.15, 0.2) is 0 Å². The van der Waals surface area contributed by atoms with Crippen LogP contribution in [0.1, 0.15) is 32.1 Å². The predicted molar refractivity (Wildman–Crippen MR) is 106 cm³/mol. The summed E-state index contributed by atoms with van der Waals surface area (Å²) in [4.78, 5) is 20.5. The maximum absolute atomic E-state index is 11.7. The van der Waals surface area contributed by atoms with Gasteiger partial charge in [0.25, 0.3) is 0 Å². The molecule has 0 atom stereocenters. The number of carbonyl (C=O) groups is 1. The summed E-state index contributed by atoms with van der Waals surface area (Å²) >= 11 is 12.7. The summed E-state index contributed by atoms with van der Waals surface area (Å²) in [5.74, 6) is 0.580. The van der Waals surface area contributed by atoms with Crippen molar-refractivity contribution in [3.63, 3.8) is 0 Å². The van der Waals surface area contributed by atoms with Crippen LogP contribution in [0.3, 0.4) is 0 Å². The van der Waals surface area contributed by atoms with Gasteiger partial charge in [0.1, 0.15) is 16.5 Å². The lowest BCUT2D eigenvalue weighted by Gasteiger charge is -2.52. The van der Waals surface area contributed by atoms with Gasteiger partial charge in [0, 0.05) is 39.1 Å². The van der Waals surface area contributed by atoms with Gasteiger partial charge in [-0.2, -0.15) is 0 Å². The number of nitrogens with zero attached hydrogens (tertiary/aromatic N) is 4. The van der Waals surface area contributed by atoms with E-state index in [0.717, 1.165) is 32.6 Å². The minimum Gasteiger partial charge on any atom is -0.453 e. The fraction of sp³-hybridized carbons (Fsp3) is 0.842. The van der Waals surface area contributed by atoms with Crippen LogP contribution in [0.25, 0.3) is 0 Å². The van der Waals surface area contributed by atoms with E-state index >= 15 is 0 Å². The number of hydrogen-bond acceptors (Lipinski definition) is 5. The van der Waals surface area contributed by atoms with Crippen molar-refractivity contribution in [2.24, 2.45) is 11.3 Å². The molecule has 27 heavy (non-hydrogen) atoms. The number of ether oxygens (including phenoxy) is 1.